The molecule has 19 heavy (non-hydrogen) atoms. The van der Waals surface area contributed by atoms with Gasteiger partial charge in [-0.2, -0.15) is 0 Å². The maximum absolute atomic E-state index is 4.38. The lowest BCUT2D eigenvalue weighted by Gasteiger charge is -2.08. The molecule has 5 nitrogen and oxygen atoms in total. The lowest BCUT2D eigenvalue weighted by molar-refractivity contribution is 0.947. The van der Waals surface area contributed by atoms with Gasteiger partial charge in [0, 0.05) is 32.2 Å². The van der Waals surface area contributed by atoms with Crippen molar-refractivity contribution in [3.05, 3.63) is 48.2 Å². The highest BCUT2D eigenvalue weighted by atomic mass is 15.1. The van der Waals surface area contributed by atoms with Crippen LogP contribution in [-0.2, 0) is 13.6 Å². The lowest BCUT2D eigenvalue weighted by Crippen LogP contribution is -2.04. The molecule has 0 fully saturated rings. The number of rotatable bonds is 3. The molecule has 0 bridgehead atoms. The number of nitrogens with zero attached hydrogens (tertiary/aromatic N) is 4. The van der Waals surface area contributed by atoms with Crippen molar-refractivity contribution < 1.29 is 0 Å². The molecule has 3 heterocycles. The summed E-state index contributed by atoms with van der Waals surface area (Å²) < 4.78 is 1.98. The first kappa shape index (κ1) is 11.6. The predicted octanol–water partition coefficient (Wildman–Crippen LogP) is 2.28. The average molecular weight is 253 g/mol. The molecule has 5 heteroatoms. The number of pyridine rings is 2. The zero-order valence-electron chi connectivity index (χ0n) is 11.0. The highest BCUT2D eigenvalue weighted by Gasteiger charge is 2.06. The largest absolute Gasteiger partial charge is 0.364 e. The molecule has 0 saturated heterocycles. The van der Waals surface area contributed by atoms with Gasteiger partial charge in [-0.15, -0.1) is 0 Å². The van der Waals surface area contributed by atoms with Crippen molar-refractivity contribution in [1.82, 2.24) is 19.5 Å². The van der Waals surface area contributed by atoms with Crippen molar-refractivity contribution >= 4 is 16.9 Å². The standard InChI is InChI=1S/C14H15N5/c1-10-3-5-15-7-11(10)8-17-14-13-12(4-6-16-14)19(2)9-18-13/h3-7,9H,8H2,1-2H3,(H,16,17). The lowest BCUT2D eigenvalue weighted by atomic mass is 10.1. The predicted molar refractivity (Wildman–Crippen MR) is 74.8 cm³/mol. The van der Waals surface area contributed by atoms with Crippen LogP contribution in [0.5, 0.6) is 0 Å². The second-order valence-electron chi connectivity index (χ2n) is 4.54. The van der Waals surface area contributed by atoms with Crippen LogP contribution in [0.2, 0.25) is 0 Å². The van der Waals surface area contributed by atoms with Crippen LogP contribution in [0.15, 0.2) is 37.1 Å². The van der Waals surface area contributed by atoms with Crippen molar-refractivity contribution in [3.63, 3.8) is 0 Å². The summed E-state index contributed by atoms with van der Waals surface area (Å²) in [6.07, 6.45) is 7.27. The first-order chi connectivity index (χ1) is 9.25. The van der Waals surface area contributed by atoms with Crippen LogP contribution >= 0.6 is 0 Å². The Bertz CT molecular complexity index is 717. The van der Waals surface area contributed by atoms with Crippen molar-refractivity contribution in [2.45, 2.75) is 13.5 Å². The Hall–Kier alpha value is -2.43. The number of hydrogen-bond acceptors (Lipinski definition) is 4. The minimum atomic E-state index is 0.697. The topological polar surface area (TPSA) is 55.6 Å². The van der Waals surface area contributed by atoms with E-state index in [1.807, 2.05) is 29.9 Å². The number of aromatic nitrogens is 4. The maximum Gasteiger partial charge on any atom is 0.154 e. The van der Waals surface area contributed by atoms with Gasteiger partial charge >= 0.3 is 0 Å². The van der Waals surface area contributed by atoms with Crippen LogP contribution in [0.25, 0.3) is 11.0 Å². The first-order valence-corrected chi connectivity index (χ1v) is 6.15. The van der Waals surface area contributed by atoms with Gasteiger partial charge in [-0.25, -0.2) is 9.97 Å². The molecule has 0 radical (unpaired) electrons. The number of imidazole rings is 1. The van der Waals surface area contributed by atoms with Crippen LogP contribution in [-0.4, -0.2) is 19.5 Å². The molecule has 0 aliphatic rings. The molecule has 3 aromatic rings. The molecule has 0 atom stereocenters. The molecular weight excluding hydrogens is 238 g/mol. The Kier molecular flexibility index (Phi) is 2.87. The highest BCUT2D eigenvalue weighted by molar-refractivity contribution is 5.85. The Morgan fingerprint density at radius 2 is 2.11 bits per heavy atom. The normalized spacial score (nSPS) is 10.8. The smallest absolute Gasteiger partial charge is 0.154 e. The monoisotopic (exact) mass is 253 g/mol. The molecule has 0 saturated carbocycles. The Balaban J connectivity index is 1.88. The Morgan fingerprint density at radius 3 is 2.95 bits per heavy atom. The second-order valence-corrected chi connectivity index (χ2v) is 4.54. The van der Waals surface area contributed by atoms with Crippen molar-refractivity contribution in [3.8, 4) is 0 Å². The molecule has 0 amide bonds. The summed E-state index contributed by atoms with van der Waals surface area (Å²) in [5.41, 5.74) is 4.35. The number of anilines is 1. The van der Waals surface area contributed by atoms with Gasteiger partial charge in [0.2, 0.25) is 0 Å². The highest BCUT2D eigenvalue weighted by Crippen LogP contribution is 2.19. The van der Waals surface area contributed by atoms with Gasteiger partial charge in [0.1, 0.15) is 5.52 Å². The van der Waals surface area contributed by atoms with E-state index in [9.17, 15) is 0 Å². The van der Waals surface area contributed by atoms with E-state index in [0.29, 0.717) is 6.54 Å². The van der Waals surface area contributed by atoms with Crippen LogP contribution in [0.3, 0.4) is 0 Å². The van der Waals surface area contributed by atoms with E-state index in [4.69, 9.17) is 0 Å². The van der Waals surface area contributed by atoms with Crippen molar-refractivity contribution in [2.24, 2.45) is 7.05 Å². The van der Waals surface area contributed by atoms with E-state index in [2.05, 4.69) is 27.2 Å². The molecular formula is C14H15N5. The zero-order chi connectivity index (χ0) is 13.2. The third kappa shape index (κ3) is 2.14. The quantitative estimate of drug-likeness (QED) is 0.778. The molecule has 0 aliphatic heterocycles. The number of aryl methyl sites for hydroxylation is 2. The molecule has 3 rings (SSSR count). The molecule has 0 aromatic carbocycles. The molecule has 1 N–H and O–H groups in total. The number of fused-ring (bicyclic) bond motifs is 1. The molecule has 3 aromatic heterocycles. The minimum Gasteiger partial charge on any atom is -0.364 e. The SMILES string of the molecule is Cc1ccncc1CNc1nccc2c1ncn2C. The third-order valence-corrected chi connectivity index (χ3v) is 3.24. The summed E-state index contributed by atoms with van der Waals surface area (Å²) >= 11 is 0. The summed E-state index contributed by atoms with van der Waals surface area (Å²) in [6, 6.07) is 3.97. The van der Waals surface area contributed by atoms with Crippen molar-refractivity contribution in [2.75, 3.05) is 5.32 Å². The molecule has 0 aliphatic carbocycles. The van der Waals surface area contributed by atoms with E-state index >= 15 is 0 Å². The van der Waals surface area contributed by atoms with Crippen LogP contribution in [0, 0.1) is 6.92 Å². The second kappa shape index (κ2) is 4.68. The van der Waals surface area contributed by atoms with E-state index in [0.717, 1.165) is 22.4 Å². The van der Waals surface area contributed by atoms with E-state index in [1.165, 1.54) is 5.56 Å². The minimum absolute atomic E-state index is 0.697. The summed E-state index contributed by atoms with van der Waals surface area (Å²) in [4.78, 5) is 12.9. The Morgan fingerprint density at radius 1 is 1.21 bits per heavy atom. The van der Waals surface area contributed by atoms with Gasteiger partial charge in [0.25, 0.3) is 0 Å². The van der Waals surface area contributed by atoms with Crippen LogP contribution in [0.4, 0.5) is 5.82 Å². The molecule has 96 valence electrons. The fourth-order valence-electron chi connectivity index (χ4n) is 2.05. The van der Waals surface area contributed by atoms with Gasteiger partial charge in [-0.05, 0) is 30.2 Å². The summed E-state index contributed by atoms with van der Waals surface area (Å²) in [7, 11) is 1.98. The molecule has 0 unspecified atom stereocenters. The molecule has 0 spiro atoms. The number of nitrogens with one attached hydrogen (secondary N) is 1. The summed E-state index contributed by atoms with van der Waals surface area (Å²) in [5, 5.41) is 3.33. The van der Waals surface area contributed by atoms with E-state index < -0.39 is 0 Å². The van der Waals surface area contributed by atoms with Crippen molar-refractivity contribution in [1.29, 1.82) is 0 Å². The summed E-state index contributed by atoms with van der Waals surface area (Å²) in [6.45, 7) is 2.77. The Labute approximate surface area is 111 Å². The average Bonchev–Trinajstić information content (AvgIpc) is 2.81. The van der Waals surface area contributed by atoms with E-state index in [-0.39, 0.29) is 0 Å². The fraction of sp³-hybridized carbons (Fsp3) is 0.214. The maximum atomic E-state index is 4.38. The van der Waals surface area contributed by atoms with Gasteiger partial charge in [0.15, 0.2) is 5.82 Å². The van der Waals surface area contributed by atoms with Gasteiger partial charge in [0.05, 0.1) is 11.8 Å². The van der Waals surface area contributed by atoms with Crippen LogP contribution in [0.1, 0.15) is 11.1 Å². The van der Waals surface area contributed by atoms with Gasteiger partial charge in [-0.3, -0.25) is 4.98 Å². The van der Waals surface area contributed by atoms with E-state index in [1.54, 1.807) is 18.7 Å². The third-order valence-electron chi connectivity index (χ3n) is 3.24. The first-order valence-electron chi connectivity index (χ1n) is 6.15. The van der Waals surface area contributed by atoms with Gasteiger partial charge in [-0.1, -0.05) is 0 Å². The van der Waals surface area contributed by atoms with Gasteiger partial charge < -0.3 is 9.88 Å². The fourth-order valence-corrected chi connectivity index (χ4v) is 2.05. The summed E-state index contributed by atoms with van der Waals surface area (Å²) in [5.74, 6) is 0.807. The van der Waals surface area contributed by atoms with Crippen LogP contribution < -0.4 is 5.32 Å². The number of hydrogen-bond donors (Lipinski definition) is 1. The zero-order valence-corrected chi connectivity index (χ0v) is 11.0.